The highest BCUT2D eigenvalue weighted by atomic mass is 16.6. The molecule has 0 spiro atoms. The summed E-state index contributed by atoms with van der Waals surface area (Å²) in [6.07, 6.45) is -0.614. The number of carbonyl (C=O) groups excluding carboxylic acids is 2. The largest absolute Gasteiger partial charge is 0.444 e. The van der Waals surface area contributed by atoms with Crippen molar-refractivity contribution in [2.75, 3.05) is 13.1 Å². The van der Waals surface area contributed by atoms with E-state index in [4.69, 9.17) is 9.47 Å². The fourth-order valence-electron chi connectivity index (χ4n) is 2.03. The Kier molecular flexibility index (Phi) is 3.38. The monoisotopic (exact) mass is 284 g/mol. The first-order valence-corrected chi connectivity index (χ1v) is 6.97. The highest BCUT2D eigenvalue weighted by Crippen LogP contribution is 2.35. The molecule has 2 saturated heterocycles. The van der Waals surface area contributed by atoms with E-state index in [0.29, 0.717) is 13.1 Å². The van der Waals surface area contributed by atoms with Gasteiger partial charge in [0.1, 0.15) is 11.2 Å². The molecule has 0 aromatic heterocycles. The second kappa shape index (κ2) is 4.53. The van der Waals surface area contributed by atoms with Crippen molar-refractivity contribution in [2.24, 2.45) is 0 Å². The second-order valence-electron chi connectivity index (χ2n) is 7.40. The summed E-state index contributed by atoms with van der Waals surface area (Å²) in [5, 5.41) is 0. The van der Waals surface area contributed by atoms with Crippen molar-refractivity contribution < 1.29 is 19.1 Å². The van der Waals surface area contributed by atoms with Crippen LogP contribution in [0.5, 0.6) is 0 Å². The maximum atomic E-state index is 11.8. The predicted octanol–water partition coefficient (Wildman–Crippen LogP) is 2.22. The van der Waals surface area contributed by atoms with Crippen LogP contribution < -0.4 is 0 Å². The topological polar surface area (TPSA) is 58.6 Å². The average Bonchev–Trinajstić information content (AvgIpc) is 3.06. The molecule has 2 aliphatic heterocycles. The Morgan fingerprint density at radius 2 is 1.10 bits per heavy atom. The van der Waals surface area contributed by atoms with E-state index in [0.717, 1.165) is 0 Å². The third-order valence-electron chi connectivity index (χ3n) is 3.00. The van der Waals surface area contributed by atoms with E-state index in [1.807, 2.05) is 41.5 Å². The van der Waals surface area contributed by atoms with E-state index in [-0.39, 0.29) is 24.3 Å². The van der Waals surface area contributed by atoms with Crippen molar-refractivity contribution in [3.8, 4) is 0 Å². The van der Waals surface area contributed by atoms with E-state index < -0.39 is 11.2 Å². The Balaban J connectivity index is 1.78. The quantitative estimate of drug-likeness (QED) is 0.693. The molecular formula is C14H24N2O4. The van der Waals surface area contributed by atoms with Crippen molar-refractivity contribution in [3.63, 3.8) is 0 Å². The van der Waals surface area contributed by atoms with Gasteiger partial charge in [0.2, 0.25) is 0 Å². The van der Waals surface area contributed by atoms with Gasteiger partial charge >= 0.3 is 12.2 Å². The Morgan fingerprint density at radius 3 is 1.35 bits per heavy atom. The molecule has 0 aromatic rings. The molecule has 6 heteroatoms. The molecule has 2 amide bonds. The van der Waals surface area contributed by atoms with Crippen LogP contribution in [0.25, 0.3) is 0 Å². The number of hydrogen-bond donors (Lipinski definition) is 0. The molecule has 2 atom stereocenters. The molecule has 20 heavy (non-hydrogen) atoms. The lowest BCUT2D eigenvalue weighted by Gasteiger charge is -2.20. The maximum absolute atomic E-state index is 11.8. The van der Waals surface area contributed by atoms with E-state index in [1.165, 1.54) is 0 Å². The lowest BCUT2D eigenvalue weighted by atomic mass is 10.2. The van der Waals surface area contributed by atoms with Gasteiger partial charge in [0.05, 0.1) is 12.1 Å². The number of rotatable bonds is 1. The number of ether oxygens (including phenoxy) is 2. The molecular weight excluding hydrogens is 260 g/mol. The molecule has 6 nitrogen and oxygen atoms in total. The first-order valence-electron chi connectivity index (χ1n) is 6.97. The lowest BCUT2D eigenvalue weighted by Crippen LogP contribution is -2.30. The smallest absolute Gasteiger partial charge is 0.410 e. The number of hydrogen-bond acceptors (Lipinski definition) is 4. The van der Waals surface area contributed by atoms with Crippen molar-refractivity contribution in [3.05, 3.63) is 0 Å². The van der Waals surface area contributed by atoms with Crippen LogP contribution in [-0.4, -0.2) is 58.4 Å². The molecule has 2 rings (SSSR count). The fraction of sp³-hybridized carbons (Fsp3) is 0.857. The van der Waals surface area contributed by atoms with Gasteiger partial charge in [0, 0.05) is 13.1 Å². The molecule has 0 bridgehead atoms. The van der Waals surface area contributed by atoms with E-state index in [1.54, 1.807) is 9.80 Å². The third kappa shape index (κ3) is 3.77. The highest BCUT2D eigenvalue weighted by Gasteiger charge is 2.57. The van der Waals surface area contributed by atoms with Gasteiger partial charge in [0.15, 0.2) is 0 Å². The molecule has 0 unspecified atom stereocenters. The fourth-order valence-corrected chi connectivity index (χ4v) is 2.03. The molecule has 2 aliphatic rings. The molecule has 0 aliphatic carbocycles. The lowest BCUT2D eigenvalue weighted by molar-refractivity contribution is 0.0361. The molecule has 2 fully saturated rings. The Morgan fingerprint density at radius 1 is 0.800 bits per heavy atom. The normalized spacial score (nSPS) is 25.3. The summed E-state index contributed by atoms with van der Waals surface area (Å²) >= 11 is 0. The summed E-state index contributed by atoms with van der Waals surface area (Å²) in [5.74, 6) is 0. The SMILES string of the molecule is CC(C)(C)OC(=O)N1C[C@H]1[C@@H]1CN1C(=O)OC(C)(C)C. The van der Waals surface area contributed by atoms with Crippen LogP contribution in [0, 0.1) is 0 Å². The Labute approximate surface area is 120 Å². The zero-order valence-electron chi connectivity index (χ0n) is 13.1. The molecule has 0 N–H and O–H groups in total. The van der Waals surface area contributed by atoms with Crippen LogP contribution in [0.4, 0.5) is 9.59 Å². The van der Waals surface area contributed by atoms with Gasteiger partial charge in [-0.15, -0.1) is 0 Å². The molecule has 0 aromatic carbocycles. The number of nitrogens with zero attached hydrogens (tertiary/aromatic N) is 2. The van der Waals surface area contributed by atoms with Gasteiger partial charge < -0.3 is 9.47 Å². The van der Waals surface area contributed by atoms with Crippen LogP contribution >= 0.6 is 0 Å². The summed E-state index contributed by atoms with van der Waals surface area (Å²) in [4.78, 5) is 27.0. The van der Waals surface area contributed by atoms with Gasteiger partial charge in [-0.3, -0.25) is 9.80 Å². The van der Waals surface area contributed by atoms with Gasteiger partial charge in [-0.05, 0) is 41.5 Å². The standard InChI is InChI=1S/C14H24N2O4/c1-13(2,3)19-11(17)15-7-9(15)10-8-16(10)12(18)20-14(4,5)6/h9-10H,7-8H2,1-6H3/t9-,10-,15?,16?/m0/s1. The summed E-state index contributed by atoms with van der Waals surface area (Å²) in [6.45, 7) is 12.3. The minimum Gasteiger partial charge on any atom is -0.444 e. The number of carbonyl (C=O) groups is 2. The zero-order chi connectivity index (χ0) is 15.3. The zero-order valence-corrected chi connectivity index (χ0v) is 13.1. The molecule has 0 radical (unpaired) electrons. The van der Waals surface area contributed by atoms with Crippen molar-refractivity contribution in [2.45, 2.75) is 64.8 Å². The van der Waals surface area contributed by atoms with Crippen LogP contribution in [0.1, 0.15) is 41.5 Å². The maximum Gasteiger partial charge on any atom is 0.410 e. The van der Waals surface area contributed by atoms with Gasteiger partial charge in [-0.1, -0.05) is 0 Å². The second-order valence-corrected chi connectivity index (χ2v) is 7.40. The molecule has 114 valence electrons. The van der Waals surface area contributed by atoms with Crippen molar-refractivity contribution in [1.82, 2.24) is 9.80 Å². The van der Waals surface area contributed by atoms with Crippen LogP contribution in [0.2, 0.25) is 0 Å². The van der Waals surface area contributed by atoms with Crippen LogP contribution in [0.3, 0.4) is 0 Å². The molecule has 0 saturated carbocycles. The van der Waals surface area contributed by atoms with Crippen molar-refractivity contribution >= 4 is 12.2 Å². The van der Waals surface area contributed by atoms with E-state index in [2.05, 4.69) is 0 Å². The van der Waals surface area contributed by atoms with Crippen LogP contribution in [0.15, 0.2) is 0 Å². The van der Waals surface area contributed by atoms with Crippen molar-refractivity contribution in [1.29, 1.82) is 0 Å². The summed E-state index contributed by atoms with van der Waals surface area (Å²) in [7, 11) is 0. The van der Waals surface area contributed by atoms with Crippen LogP contribution in [-0.2, 0) is 9.47 Å². The summed E-state index contributed by atoms with van der Waals surface area (Å²) in [5.41, 5.74) is -0.975. The van der Waals surface area contributed by atoms with Gasteiger partial charge in [-0.25, -0.2) is 9.59 Å². The summed E-state index contributed by atoms with van der Waals surface area (Å²) in [6, 6.07) is 0.162. The molecule has 2 heterocycles. The Hall–Kier alpha value is -1.46. The number of amides is 2. The van der Waals surface area contributed by atoms with E-state index >= 15 is 0 Å². The minimum absolute atomic E-state index is 0.0809. The summed E-state index contributed by atoms with van der Waals surface area (Å²) < 4.78 is 10.6. The predicted molar refractivity (Wildman–Crippen MR) is 73.5 cm³/mol. The first-order chi connectivity index (χ1) is 8.98. The van der Waals surface area contributed by atoms with Gasteiger partial charge in [0.25, 0.3) is 0 Å². The minimum atomic E-state index is -0.487. The first kappa shape index (κ1) is 14.9. The Bertz CT molecular complexity index is 382. The van der Waals surface area contributed by atoms with E-state index in [9.17, 15) is 9.59 Å². The highest BCUT2D eigenvalue weighted by molar-refractivity contribution is 5.75. The third-order valence-corrected chi connectivity index (χ3v) is 3.00. The average molecular weight is 284 g/mol. The van der Waals surface area contributed by atoms with Gasteiger partial charge in [-0.2, -0.15) is 0 Å².